The SMILES string of the molecule is CC1(C)Cc2cc(C(N)COCC(F)(F)F)ccc2O1. The first kappa shape index (κ1) is 15.1. The Morgan fingerprint density at radius 1 is 1.40 bits per heavy atom. The normalized spacial score (nSPS) is 18.5. The summed E-state index contributed by atoms with van der Waals surface area (Å²) < 4.78 is 46.3. The Labute approximate surface area is 115 Å². The first-order valence-corrected chi connectivity index (χ1v) is 6.38. The minimum Gasteiger partial charge on any atom is -0.487 e. The maximum atomic E-state index is 12.0. The van der Waals surface area contributed by atoms with Crippen LogP contribution in [0, 0.1) is 0 Å². The van der Waals surface area contributed by atoms with Crippen LogP contribution in [0.25, 0.3) is 0 Å². The summed E-state index contributed by atoms with van der Waals surface area (Å²) in [4.78, 5) is 0. The molecule has 112 valence electrons. The van der Waals surface area contributed by atoms with E-state index >= 15 is 0 Å². The van der Waals surface area contributed by atoms with Crippen LogP contribution in [0.1, 0.15) is 31.0 Å². The van der Waals surface area contributed by atoms with E-state index in [1.807, 2.05) is 26.0 Å². The molecule has 2 N–H and O–H groups in total. The monoisotopic (exact) mass is 289 g/mol. The summed E-state index contributed by atoms with van der Waals surface area (Å²) in [5, 5.41) is 0. The number of hydrogen-bond donors (Lipinski definition) is 1. The third-order valence-corrected chi connectivity index (χ3v) is 3.08. The average molecular weight is 289 g/mol. The standard InChI is InChI=1S/C14H18F3NO2/c1-13(2)6-10-5-9(3-4-12(10)20-13)11(18)7-19-8-14(15,16)17/h3-5,11H,6-8,18H2,1-2H3. The molecule has 0 aliphatic carbocycles. The second kappa shape index (κ2) is 5.26. The minimum atomic E-state index is -4.32. The number of ether oxygens (including phenoxy) is 2. The topological polar surface area (TPSA) is 44.5 Å². The summed E-state index contributed by atoms with van der Waals surface area (Å²) in [6.45, 7) is 2.53. The van der Waals surface area contributed by atoms with Crippen LogP contribution in [-0.2, 0) is 11.2 Å². The number of hydrogen-bond acceptors (Lipinski definition) is 3. The molecule has 1 aromatic rings. The quantitative estimate of drug-likeness (QED) is 0.926. The molecule has 3 nitrogen and oxygen atoms in total. The molecule has 2 rings (SSSR count). The van der Waals surface area contributed by atoms with Crippen molar-refractivity contribution in [2.24, 2.45) is 5.73 Å². The number of benzene rings is 1. The summed E-state index contributed by atoms with van der Waals surface area (Å²) in [6, 6.07) is 4.88. The van der Waals surface area contributed by atoms with Crippen molar-refractivity contribution in [3.63, 3.8) is 0 Å². The van der Waals surface area contributed by atoms with E-state index in [2.05, 4.69) is 4.74 Å². The summed E-state index contributed by atoms with van der Waals surface area (Å²) in [6.07, 6.45) is -3.57. The van der Waals surface area contributed by atoms with Gasteiger partial charge in [0.05, 0.1) is 12.6 Å². The van der Waals surface area contributed by atoms with Crippen LogP contribution < -0.4 is 10.5 Å². The lowest BCUT2D eigenvalue weighted by Gasteiger charge is -2.16. The molecule has 0 saturated heterocycles. The number of alkyl halides is 3. The lowest BCUT2D eigenvalue weighted by atomic mass is 9.98. The van der Waals surface area contributed by atoms with Gasteiger partial charge in [-0.3, -0.25) is 0 Å². The maximum absolute atomic E-state index is 12.0. The van der Waals surface area contributed by atoms with Crippen molar-refractivity contribution in [1.29, 1.82) is 0 Å². The summed E-state index contributed by atoms with van der Waals surface area (Å²) in [5.41, 5.74) is 7.38. The van der Waals surface area contributed by atoms with Gasteiger partial charge >= 0.3 is 6.18 Å². The van der Waals surface area contributed by atoms with Gasteiger partial charge in [0.2, 0.25) is 0 Å². The number of fused-ring (bicyclic) bond motifs is 1. The summed E-state index contributed by atoms with van der Waals surface area (Å²) >= 11 is 0. The molecule has 1 aliphatic rings. The second-order valence-corrected chi connectivity index (χ2v) is 5.64. The molecule has 1 aromatic carbocycles. The van der Waals surface area contributed by atoms with Gasteiger partial charge in [0.25, 0.3) is 0 Å². The minimum absolute atomic E-state index is 0.164. The van der Waals surface area contributed by atoms with Gasteiger partial charge in [-0.25, -0.2) is 0 Å². The van der Waals surface area contributed by atoms with Gasteiger partial charge in [0.15, 0.2) is 0 Å². The number of nitrogens with two attached hydrogens (primary N) is 1. The zero-order chi connectivity index (χ0) is 15.0. The van der Waals surface area contributed by atoms with Crippen molar-refractivity contribution in [3.05, 3.63) is 29.3 Å². The van der Waals surface area contributed by atoms with E-state index in [0.717, 1.165) is 23.3 Å². The Kier molecular flexibility index (Phi) is 3.97. The van der Waals surface area contributed by atoms with E-state index in [0.29, 0.717) is 0 Å². The molecular formula is C14H18F3NO2. The van der Waals surface area contributed by atoms with Gasteiger partial charge in [-0.15, -0.1) is 0 Å². The fourth-order valence-corrected chi connectivity index (χ4v) is 2.26. The van der Waals surface area contributed by atoms with E-state index in [1.165, 1.54) is 0 Å². The van der Waals surface area contributed by atoms with E-state index in [9.17, 15) is 13.2 Å². The fourth-order valence-electron chi connectivity index (χ4n) is 2.26. The first-order valence-electron chi connectivity index (χ1n) is 6.38. The molecule has 0 fully saturated rings. The molecule has 0 aromatic heterocycles. The number of rotatable bonds is 4. The Morgan fingerprint density at radius 3 is 2.75 bits per heavy atom. The van der Waals surface area contributed by atoms with Gasteiger partial charge in [0.1, 0.15) is 18.0 Å². The van der Waals surface area contributed by atoms with Crippen molar-refractivity contribution in [2.75, 3.05) is 13.2 Å². The van der Waals surface area contributed by atoms with Crippen molar-refractivity contribution >= 4 is 0 Å². The molecule has 1 heterocycles. The third-order valence-electron chi connectivity index (χ3n) is 3.08. The molecule has 1 atom stereocenters. The van der Waals surface area contributed by atoms with E-state index in [4.69, 9.17) is 10.5 Å². The second-order valence-electron chi connectivity index (χ2n) is 5.64. The molecule has 0 saturated carbocycles. The molecule has 0 spiro atoms. The van der Waals surface area contributed by atoms with Crippen LogP contribution in [-0.4, -0.2) is 25.0 Å². The summed E-state index contributed by atoms with van der Waals surface area (Å²) in [7, 11) is 0. The molecule has 0 radical (unpaired) electrons. The third kappa shape index (κ3) is 3.86. The van der Waals surface area contributed by atoms with Crippen LogP contribution in [0.5, 0.6) is 5.75 Å². The fraction of sp³-hybridized carbons (Fsp3) is 0.571. The molecule has 20 heavy (non-hydrogen) atoms. The van der Waals surface area contributed by atoms with Crippen LogP contribution in [0.15, 0.2) is 18.2 Å². The predicted molar refractivity (Wildman–Crippen MR) is 68.7 cm³/mol. The molecule has 0 amide bonds. The van der Waals surface area contributed by atoms with Gasteiger partial charge in [-0.1, -0.05) is 12.1 Å². The maximum Gasteiger partial charge on any atom is 0.411 e. The van der Waals surface area contributed by atoms with Crippen LogP contribution >= 0.6 is 0 Å². The van der Waals surface area contributed by atoms with Gasteiger partial charge in [-0.05, 0) is 31.0 Å². The van der Waals surface area contributed by atoms with Crippen LogP contribution in [0.3, 0.4) is 0 Å². The highest BCUT2D eigenvalue weighted by Gasteiger charge is 2.31. The average Bonchev–Trinajstić information content (AvgIpc) is 2.59. The van der Waals surface area contributed by atoms with E-state index in [-0.39, 0.29) is 12.2 Å². The van der Waals surface area contributed by atoms with Crippen molar-refractivity contribution < 1.29 is 22.6 Å². The van der Waals surface area contributed by atoms with Gasteiger partial charge in [-0.2, -0.15) is 13.2 Å². The Balaban J connectivity index is 1.97. The van der Waals surface area contributed by atoms with Crippen LogP contribution in [0.4, 0.5) is 13.2 Å². The lowest BCUT2D eigenvalue weighted by molar-refractivity contribution is -0.174. The zero-order valence-corrected chi connectivity index (χ0v) is 11.5. The largest absolute Gasteiger partial charge is 0.487 e. The molecule has 0 bridgehead atoms. The summed E-state index contributed by atoms with van der Waals surface area (Å²) in [5.74, 6) is 0.808. The van der Waals surface area contributed by atoms with Crippen molar-refractivity contribution in [2.45, 2.75) is 38.1 Å². The van der Waals surface area contributed by atoms with Gasteiger partial charge < -0.3 is 15.2 Å². The van der Waals surface area contributed by atoms with E-state index < -0.39 is 18.8 Å². The Hall–Kier alpha value is -1.27. The predicted octanol–water partition coefficient (Wildman–Crippen LogP) is 2.98. The lowest BCUT2D eigenvalue weighted by Crippen LogP contribution is -2.24. The highest BCUT2D eigenvalue weighted by atomic mass is 19.4. The van der Waals surface area contributed by atoms with Crippen molar-refractivity contribution in [1.82, 2.24) is 0 Å². The smallest absolute Gasteiger partial charge is 0.411 e. The molecule has 1 unspecified atom stereocenters. The Bertz CT molecular complexity index is 486. The Morgan fingerprint density at radius 2 is 2.10 bits per heavy atom. The first-order chi connectivity index (χ1) is 9.16. The van der Waals surface area contributed by atoms with Crippen LogP contribution in [0.2, 0.25) is 0 Å². The molecule has 1 aliphatic heterocycles. The molecule has 6 heteroatoms. The molecular weight excluding hydrogens is 271 g/mol. The van der Waals surface area contributed by atoms with Gasteiger partial charge in [0, 0.05) is 6.42 Å². The van der Waals surface area contributed by atoms with E-state index in [1.54, 1.807) is 6.07 Å². The number of halogens is 3. The highest BCUT2D eigenvalue weighted by Crippen LogP contribution is 2.36. The zero-order valence-electron chi connectivity index (χ0n) is 11.5. The van der Waals surface area contributed by atoms with Crippen molar-refractivity contribution in [3.8, 4) is 5.75 Å². The highest BCUT2D eigenvalue weighted by molar-refractivity contribution is 5.42.